The molecule has 1 atom stereocenters. The quantitative estimate of drug-likeness (QED) is 0.386. The van der Waals surface area contributed by atoms with E-state index in [1.807, 2.05) is 18.2 Å². The lowest BCUT2D eigenvalue weighted by molar-refractivity contribution is -0.114. The second-order valence-electron chi connectivity index (χ2n) is 7.90. The van der Waals surface area contributed by atoms with Crippen LogP contribution in [0.4, 0.5) is 11.4 Å². The Hall–Kier alpha value is -4.06. The van der Waals surface area contributed by atoms with Gasteiger partial charge in [0.2, 0.25) is 5.91 Å². The monoisotopic (exact) mass is 515 g/mol. The number of anilines is 2. The molecule has 0 spiro atoms. The molecule has 1 aliphatic rings. The van der Waals surface area contributed by atoms with E-state index in [0.29, 0.717) is 38.3 Å². The molecule has 2 aromatic carbocycles. The molecule has 3 N–H and O–H groups in total. The Morgan fingerprint density at radius 3 is 2.36 bits per heavy atom. The molecule has 0 saturated carbocycles. The third-order valence-corrected chi connectivity index (χ3v) is 6.71. The number of hydrogen-bond acceptors (Lipinski definition) is 6. The topological polar surface area (TPSA) is 107 Å². The minimum absolute atomic E-state index is 0.0675. The number of aromatic nitrogens is 1. The van der Waals surface area contributed by atoms with E-state index >= 15 is 0 Å². The summed E-state index contributed by atoms with van der Waals surface area (Å²) in [6.07, 6.45) is 3.25. The van der Waals surface area contributed by atoms with E-state index < -0.39 is 5.92 Å². The Bertz CT molecular complexity index is 1370. The van der Waals surface area contributed by atoms with Crippen LogP contribution in [0, 0.1) is 11.3 Å². The van der Waals surface area contributed by atoms with Gasteiger partial charge in [-0.15, -0.1) is 0 Å². The van der Waals surface area contributed by atoms with Gasteiger partial charge in [0.1, 0.15) is 0 Å². The van der Waals surface area contributed by atoms with Crippen molar-refractivity contribution in [3.8, 4) is 6.07 Å². The molecular formula is C27H22ClN5O2S. The van der Waals surface area contributed by atoms with Crippen LogP contribution in [0.5, 0.6) is 0 Å². The van der Waals surface area contributed by atoms with Crippen LogP contribution in [0.3, 0.4) is 0 Å². The van der Waals surface area contributed by atoms with Crippen LogP contribution < -0.4 is 16.0 Å². The number of nitriles is 1. The van der Waals surface area contributed by atoms with Gasteiger partial charge in [0.05, 0.1) is 28.3 Å². The van der Waals surface area contributed by atoms with Crippen LogP contribution in [-0.2, 0) is 9.59 Å². The van der Waals surface area contributed by atoms with E-state index in [2.05, 4.69) is 27.0 Å². The Balaban J connectivity index is 1.60. The highest BCUT2D eigenvalue weighted by atomic mass is 35.5. The summed E-state index contributed by atoms with van der Waals surface area (Å²) in [5.74, 6) is -1.10. The van der Waals surface area contributed by atoms with Crippen molar-refractivity contribution in [2.24, 2.45) is 0 Å². The maximum Gasteiger partial charge on any atom is 0.254 e. The highest BCUT2D eigenvalue weighted by Crippen LogP contribution is 2.40. The first-order chi connectivity index (χ1) is 17.5. The molecule has 0 unspecified atom stereocenters. The molecule has 4 rings (SSSR count). The SMILES string of the molecule is CC1=C(C(=O)Nc2ccccc2)[C@H](c2ccncc2)C(C#N)=C(SCC(=O)Nc2ccc(Cl)cc2)N1. The highest BCUT2D eigenvalue weighted by molar-refractivity contribution is 8.03. The number of pyridine rings is 1. The molecule has 1 aliphatic heterocycles. The summed E-state index contributed by atoms with van der Waals surface area (Å²) < 4.78 is 0. The Labute approximate surface area is 218 Å². The fourth-order valence-corrected chi connectivity index (χ4v) is 4.82. The van der Waals surface area contributed by atoms with Gasteiger partial charge in [-0.1, -0.05) is 41.6 Å². The van der Waals surface area contributed by atoms with E-state index in [9.17, 15) is 14.9 Å². The summed E-state index contributed by atoms with van der Waals surface area (Å²) in [6.45, 7) is 1.79. The molecule has 2 amide bonds. The van der Waals surface area contributed by atoms with Gasteiger partial charge in [-0.3, -0.25) is 14.6 Å². The van der Waals surface area contributed by atoms with Crippen molar-refractivity contribution in [3.05, 3.63) is 112 Å². The number of para-hydroxylation sites is 1. The van der Waals surface area contributed by atoms with Crippen molar-refractivity contribution < 1.29 is 9.59 Å². The largest absolute Gasteiger partial charge is 0.353 e. The van der Waals surface area contributed by atoms with Crippen molar-refractivity contribution in [1.82, 2.24) is 10.3 Å². The molecule has 3 aromatic rings. The van der Waals surface area contributed by atoms with Crippen LogP contribution in [0.1, 0.15) is 18.4 Å². The average Bonchev–Trinajstić information content (AvgIpc) is 2.89. The van der Waals surface area contributed by atoms with Gasteiger partial charge in [0.15, 0.2) is 0 Å². The summed E-state index contributed by atoms with van der Waals surface area (Å²) in [5.41, 5.74) is 3.42. The van der Waals surface area contributed by atoms with Gasteiger partial charge in [-0.05, 0) is 61.0 Å². The van der Waals surface area contributed by atoms with Crippen molar-refractivity contribution in [1.29, 1.82) is 5.26 Å². The Kier molecular flexibility index (Phi) is 8.06. The van der Waals surface area contributed by atoms with Crippen LogP contribution in [0.15, 0.2) is 101 Å². The molecular weight excluding hydrogens is 494 g/mol. The summed E-state index contributed by atoms with van der Waals surface area (Å²) >= 11 is 7.11. The first kappa shape index (κ1) is 25.0. The molecule has 0 fully saturated rings. The molecule has 0 aliphatic carbocycles. The molecule has 180 valence electrons. The molecule has 0 bridgehead atoms. The number of benzene rings is 2. The summed E-state index contributed by atoms with van der Waals surface area (Å²) in [6, 6.07) is 21.8. The zero-order valence-electron chi connectivity index (χ0n) is 19.3. The van der Waals surface area contributed by atoms with E-state index in [1.54, 1.807) is 67.8 Å². The molecule has 2 heterocycles. The number of allylic oxidation sites excluding steroid dienone is 2. The number of nitrogens with one attached hydrogen (secondary N) is 3. The van der Waals surface area contributed by atoms with E-state index in [1.165, 1.54) is 11.8 Å². The molecule has 1 aromatic heterocycles. The number of halogens is 1. The summed E-state index contributed by atoms with van der Waals surface area (Å²) in [4.78, 5) is 30.0. The minimum Gasteiger partial charge on any atom is -0.353 e. The summed E-state index contributed by atoms with van der Waals surface area (Å²) in [5, 5.41) is 20.2. The first-order valence-electron chi connectivity index (χ1n) is 11.0. The number of hydrogen-bond donors (Lipinski definition) is 3. The molecule has 0 radical (unpaired) electrons. The van der Waals surface area contributed by atoms with Gasteiger partial charge in [0.25, 0.3) is 5.91 Å². The Morgan fingerprint density at radius 2 is 1.69 bits per heavy atom. The minimum atomic E-state index is -0.621. The zero-order valence-corrected chi connectivity index (χ0v) is 20.9. The fraction of sp³-hybridized carbons (Fsp3) is 0.111. The number of rotatable bonds is 7. The number of carbonyl (C=O) groups excluding carboxylic acids is 2. The normalized spacial score (nSPS) is 15.1. The van der Waals surface area contributed by atoms with E-state index in [-0.39, 0.29) is 17.6 Å². The highest BCUT2D eigenvalue weighted by Gasteiger charge is 2.34. The second-order valence-corrected chi connectivity index (χ2v) is 9.32. The van der Waals surface area contributed by atoms with Crippen molar-refractivity contribution >= 4 is 46.6 Å². The number of thioether (sulfide) groups is 1. The lowest BCUT2D eigenvalue weighted by Gasteiger charge is -2.29. The predicted molar refractivity (Wildman–Crippen MR) is 143 cm³/mol. The molecule has 7 nitrogen and oxygen atoms in total. The summed E-state index contributed by atoms with van der Waals surface area (Å²) in [7, 11) is 0. The van der Waals surface area contributed by atoms with Gasteiger partial charge in [0, 0.05) is 40.1 Å². The molecule has 36 heavy (non-hydrogen) atoms. The van der Waals surface area contributed by atoms with Crippen molar-refractivity contribution in [3.63, 3.8) is 0 Å². The van der Waals surface area contributed by atoms with Crippen LogP contribution in [-0.4, -0.2) is 22.6 Å². The predicted octanol–water partition coefficient (Wildman–Crippen LogP) is 5.44. The van der Waals surface area contributed by atoms with Crippen LogP contribution in [0.25, 0.3) is 0 Å². The lowest BCUT2D eigenvalue weighted by Crippen LogP contribution is -2.31. The number of carbonyl (C=O) groups is 2. The van der Waals surface area contributed by atoms with Crippen molar-refractivity contribution in [2.75, 3.05) is 16.4 Å². The maximum absolute atomic E-state index is 13.4. The third kappa shape index (κ3) is 5.95. The van der Waals surface area contributed by atoms with Gasteiger partial charge < -0.3 is 16.0 Å². The Morgan fingerprint density at radius 1 is 1.03 bits per heavy atom. The number of dihydropyridines is 1. The van der Waals surface area contributed by atoms with E-state index in [0.717, 1.165) is 5.56 Å². The maximum atomic E-state index is 13.4. The fourth-order valence-electron chi connectivity index (χ4n) is 3.80. The van der Waals surface area contributed by atoms with E-state index in [4.69, 9.17) is 11.6 Å². The van der Waals surface area contributed by atoms with Gasteiger partial charge >= 0.3 is 0 Å². The standard InChI is InChI=1S/C27H22ClN5O2S/c1-17-24(26(35)33-20-5-3-2-4-6-20)25(18-11-13-30-14-12-18)22(15-29)27(31-17)36-16-23(34)32-21-9-7-19(28)8-10-21/h2-14,25,31H,16H2,1H3,(H,32,34)(H,33,35)/t25-/m1/s1. The molecule has 9 heteroatoms. The van der Waals surface area contributed by atoms with Crippen LogP contribution in [0.2, 0.25) is 5.02 Å². The number of nitrogens with zero attached hydrogens (tertiary/aromatic N) is 2. The average molecular weight is 516 g/mol. The smallest absolute Gasteiger partial charge is 0.254 e. The van der Waals surface area contributed by atoms with Crippen molar-refractivity contribution in [2.45, 2.75) is 12.8 Å². The lowest BCUT2D eigenvalue weighted by atomic mass is 9.82. The second kappa shape index (κ2) is 11.6. The zero-order chi connectivity index (χ0) is 25.5. The third-order valence-electron chi connectivity index (χ3n) is 5.44. The van der Waals surface area contributed by atoms with Gasteiger partial charge in [-0.2, -0.15) is 5.26 Å². The number of amides is 2. The molecule has 0 saturated heterocycles. The first-order valence-corrected chi connectivity index (χ1v) is 12.4. The van der Waals surface area contributed by atoms with Crippen LogP contribution >= 0.6 is 23.4 Å². The van der Waals surface area contributed by atoms with Gasteiger partial charge in [-0.25, -0.2) is 0 Å².